The van der Waals surface area contributed by atoms with E-state index < -0.39 is 41.4 Å². The minimum Gasteiger partial charge on any atom is -0.480 e. The zero-order valence-corrected chi connectivity index (χ0v) is 17.4. The average Bonchev–Trinajstić information content (AvgIpc) is 3.04. The second kappa shape index (κ2) is 8.80. The second-order valence-corrected chi connectivity index (χ2v) is 7.63. The number of hydrogen-bond donors (Lipinski definition) is 1. The van der Waals surface area contributed by atoms with Gasteiger partial charge >= 0.3 is 17.6 Å². The second-order valence-electron chi connectivity index (χ2n) is 6.63. The molecule has 0 unspecified atom stereocenters. The fourth-order valence-electron chi connectivity index (χ4n) is 3.25. The third-order valence-electron chi connectivity index (χ3n) is 4.70. The Labute approximate surface area is 177 Å². The number of carboxylic acids is 1. The third kappa shape index (κ3) is 4.13. The highest BCUT2D eigenvalue weighted by atomic mass is 32.1. The first-order valence-corrected chi connectivity index (χ1v) is 10.1. The molecule has 3 rings (SSSR count). The highest BCUT2D eigenvalue weighted by molar-refractivity contribution is 7.20. The van der Waals surface area contributed by atoms with Crippen molar-refractivity contribution in [3.8, 4) is 0 Å². The fraction of sp³-hybridized carbons (Fsp3) is 0.300. The number of fused-ring (bicyclic) bond motifs is 1. The minimum absolute atomic E-state index is 0.0112. The summed E-state index contributed by atoms with van der Waals surface area (Å²) >= 11 is 0.838. The first-order valence-electron chi connectivity index (χ1n) is 9.25. The number of aliphatic carboxylic acids is 1. The van der Waals surface area contributed by atoms with Crippen molar-refractivity contribution in [3.63, 3.8) is 0 Å². The summed E-state index contributed by atoms with van der Waals surface area (Å²) in [5.41, 5.74) is -1.82. The van der Waals surface area contributed by atoms with Crippen LogP contribution in [0, 0.1) is 18.6 Å². The topological polar surface area (TPSA) is 108 Å². The minimum atomic E-state index is -1.41. The van der Waals surface area contributed by atoms with Crippen LogP contribution >= 0.6 is 11.3 Å². The molecule has 0 aliphatic rings. The quantitative estimate of drug-likeness (QED) is 0.552. The Morgan fingerprint density at radius 3 is 2.39 bits per heavy atom. The van der Waals surface area contributed by atoms with Crippen molar-refractivity contribution in [2.45, 2.75) is 33.4 Å². The van der Waals surface area contributed by atoms with Crippen molar-refractivity contribution in [1.82, 2.24) is 9.13 Å². The van der Waals surface area contributed by atoms with Gasteiger partial charge in [-0.1, -0.05) is 6.07 Å². The van der Waals surface area contributed by atoms with E-state index in [1.54, 1.807) is 6.92 Å². The predicted octanol–water partition coefficient (Wildman–Crippen LogP) is 2.32. The molecule has 0 aliphatic carbocycles. The molecule has 1 aromatic carbocycles. The molecule has 3 aromatic rings. The molecule has 0 atom stereocenters. The molecule has 0 fully saturated rings. The van der Waals surface area contributed by atoms with E-state index in [0.29, 0.717) is 4.57 Å². The van der Waals surface area contributed by atoms with E-state index in [0.717, 1.165) is 28.0 Å². The molecule has 2 aromatic heterocycles. The molecule has 0 amide bonds. The number of benzene rings is 1. The summed E-state index contributed by atoms with van der Waals surface area (Å²) < 4.78 is 34.6. The molecule has 0 bridgehead atoms. The summed E-state index contributed by atoms with van der Waals surface area (Å²) in [4.78, 5) is 49.4. The Morgan fingerprint density at radius 1 is 1.16 bits per heavy atom. The molecule has 11 heteroatoms. The standard InChI is InChI=1S/C20H18F2N2O6S/c1-3-30-19(28)16-10(2)15-17(27)24(9-14(25)26)20(29)23(18(15)31-16)8-7-11-12(21)5-4-6-13(11)22/h4-6H,3,7-9H2,1-2H3,(H,25,26). The smallest absolute Gasteiger partial charge is 0.348 e. The molecule has 0 saturated carbocycles. The summed E-state index contributed by atoms with van der Waals surface area (Å²) in [6, 6.07) is 3.37. The molecule has 31 heavy (non-hydrogen) atoms. The van der Waals surface area contributed by atoms with Crippen LogP contribution in [0.25, 0.3) is 10.2 Å². The van der Waals surface area contributed by atoms with Gasteiger partial charge in [0.2, 0.25) is 0 Å². The fourth-order valence-corrected chi connectivity index (χ4v) is 4.47. The van der Waals surface area contributed by atoms with Crippen molar-refractivity contribution >= 4 is 33.5 Å². The molecule has 2 heterocycles. The lowest BCUT2D eigenvalue weighted by Gasteiger charge is -2.12. The van der Waals surface area contributed by atoms with E-state index in [9.17, 15) is 28.0 Å². The van der Waals surface area contributed by atoms with Crippen LogP contribution in [0.1, 0.15) is 27.7 Å². The number of carbonyl (C=O) groups excluding carboxylic acids is 1. The van der Waals surface area contributed by atoms with Crippen molar-refractivity contribution in [3.05, 3.63) is 66.7 Å². The molecule has 1 N–H and O–H groups in total. The van der Waals surface area contributed by atoms with Gasteiger partial charge < -0.3 is 9.84 Å². The van der Waals surface area contributed by atoms with Crippen LogP contribution < -0.4 is 11.2 Å². The normalized spacial score (nSPS) is 11.1. The number of rotatable bonds is 7. The molecule has 0 spiro atoms. The molecule has 164 valence electrons. The Hall–Kier alpha value is -3.34. The van der Waals surface area contributed by atoms with Crippen LogP contribution in [0.3, 0.4) is 0 Å². The van der Waals surface area contributed by atoms with Gasteiger partial charge in [-0.2, -0.15) is 0 Å². The zero-order valence-electron chi connectivity index (χ0n) is 16.6. The summed E-state index contributed by atoms with van der Waals surface area (Å²) in [7, 11) is 0. The van der Waals surface area contributed by atoms with Gasteiger partial charge in [0.1, 0.15) is 27.9 Å². The van der Waals surface area contributed by atoms with E-state index in [-0.39, 0.29) is 45.8 Å². The maximum Gasteiger partial charge on any atom is 0.348 e. The van der Waals surface area contributed by atoms with Gasteiger partial charge in [-0.25, -0.2) is 22.9 Å². The van der Waals surface area contributed by atoms with Gasteiger partial charge in [0.05, 0.1) is 12.0 Å². The number of thiophene rings is 1. The first-order chi connectivity index (χ1) is 14.7. The van der Waals surface area contributed by atoms with Crippen molar-refractivity contribution in [2.75, 3.05) is 6.61 Å². The predicted molar refractivity (Wildman–Crippen MR) is 109 cm³/mol. The monoisotopic (exact) mass is 452 g/mol. The largest absolute Gasteiger partial charge is 0.480 e. The van der Waals surface area contributed by atoms with Crippen LogP contribution in [0.4, 0.5) is 8.78 Å². The van der Waals surface area contributed by atoms with Crippen molar-refractivity contribution in [1.29, 1.82) is 0 Å². The van der Waals surface area contributed by atoms with Crippen molar-refractivity contribution < 1.29 is 28.2 Å². The van der Waals surface area contributed by atoms with E-state index in [1.807, 2.05) is 0 Å². The van der Waals surface area contributed by atoms with Crippen LogP contribution in [-0.2, 0) is 29.0 Å². The lowest BCUT2D eigenvalue weighted by Crippen LogP contribution is -2.41. The van der Waals surface area contributed by atoms with Crippen LogP contribution in [-0.4, -0.2) is 32.8 Å². The van der Waals surface area contributed by atoms with Gasteiger partial charge in [-0.15, -0.1) is 11.3 Å². The summed E-state index contributed by atoms with van der Waals surface area (Å²) in [5, 5.41) is 9.10. The van der Waals surface area contributed by atoms with Gasteiger partial charge in [-0.05, 0) is 38.0 Å². The van der Waals surface area contributed by atoms with Gasteiger partial charge in [0.25, 0.3) is 5.56 Å². The number of carbonyl (C=O) groups is 2. The molecule has 0 saturated heterocycles. The van der Waals surface area contributed by atoms with Crippen molar-refractivity contribution in [2.24, 2.45) is 0 Å². The SMILES string of the molecule is CCOC(=O)c1sc2c(c1C)c(=O)n(CC(=O)O)c(=O)n2CCc1c(F)cccc1F. The number of hydrogen-bond acceptors (Lipinski definition) is 6. The molecule has 0 radical (unpaired) electrons. The van der Waals surface area contributed by atoms with E-state index >= 15 is 0 Å². The van der Waals surface area contributed by atoms with Crippen LogP contribution in [0.5, 0.6) is 0 Å². The maximum absolute atomic E-state index is 14.0. The number of nitrogens with zero attached hydrogens (tertiary/aromatic N) is 2. The molecular formula is C20H18F2N2O6S. The Morgan fingerprint density at radius 2 is 1.81 bits per heavy atom. The Bertz CT molecular complexity index is 1290. The van der Waals surface area contributed by atoms with Crippen LogP contribution in [0.15, 0.2) is 27.8 Å². The number of halogens is 2. The first kappa shape index (κ1) is 22.3. The lowest BCUT2D eigenvalue weighted by molar-refractivity contribution is -0.137. The molecule has 0 aliphatic heterocycles. The number of aryl methyl sites for hydroxylation is 2. The maximum atomic E-state index is 14.0. The Balaban J connectivity index is 2.24. The number of aromatic nitrogens is 2. The summed E-state index contributed by atoms with van der Waals surface area (Å²) in [6.45, 7) is 2.05. The lowest BCUT2D eigenvalue weighted by atomic mass is 10.1. The third-order valence-corrected chi connectivity index (χ3v) is 5.99. The van der Waals surface area contributed by atoms with Gasteiger partial charge in [0.15, 0.2) is 0 Å². The molecular weight excluding hydrogens is 434 g/mol. The number of ether oxygens (including phenoxy) is 1. The molecule has 8 nitrogen and oxygen atoms in total. The highest BCUT2D eigenvalue weighted by Crippen LogP contribution is 2.29. The van der Waals surface area contributed by atoms with Crippen LogP contribution in [0.2, 0.25) is 0 Å². The highest BCUT2D eigenvalue weighted by Gasteiger charge is 2.24. The van der Waals surface area contributed by atoms with Gasteiger partial charge in [0, 0.05) is 12.1 Å². The summed E-state index contributed by atoms with van der Waals surface area (Å²) in [6.07, 6.45) is -0.232. The van der Waals surface area contributed by atoms with E-state index in [2.05, 4.69) is 0 Å². The summed E-state index contributed by atoms with van der Waals surface area (Å²) in [5.74, 6) is -3.69. The number of carboxylic acid groups (broad SMARTS) is 1. The van der Waals surface area contributed by atoms with E-state index in [1.165, 1.54) is 13.0 Å². The number of esters is 1. The van der Waals surface area contributed by atoms with E-state index in [4.69, 9.17) is 9.84 Å². The zero-order chi connectivity index (χ0) is 22.9. The Kier molecular flexibility index (Phi) is 6.34. The van der Waals surface area contributed by atoms with Gasteiger partial charge in [-0.3, -0.25) is 14.2 Å². The average molecular weight is 452 g/mol.